The number of nitrogens with one attached hydrogen (secondary N) is 1. The van der Waals surface area contributed by atoms with Crippen LogP contribution in [0.3, 0.4) is 0 Å². The molecule has 0 aromatic carbocycles. The number of aromatic amines is 1. The van der Waals surface area contributed by atoms with Crippen molar-refractivity contribution in [3.8, 4) is 0 Å². The third kappa shape index (κ3) is 2.57. The van der Waals surface area contributed by atoms with Crippen LogP contribution in [0.1, 0.15) is 34.8 Å². The molecule has 0 bridgehead atoms. The second-order valence-corrected chi connectivity index (χ2v) is 6.63. The molecule has 1 atom stereocenters. The van der Waals surface area contributed by atoms with Crippen LogP contribution in [0.2, 0.25) is 0 Å². The van der Waals surface area contributed by atoms with Gasteiger partial charge in [0.1, 0.15) is 5.82 Å². The Hall–Kier alpha value is -2.41. The third-order valence-corrected chi connectivity index (χ3v) is 5.05. The van der Waals surface area contributed by atoms with E-state index in [9.17, 15) is 4.79 Å². The highest BCUT2D eigenvalue weighted by Crippen LogP contribution is 2.28. The maximum Gasteiger partial charge on any atom is 0.254 e. The van der Waals surface area contributed by atoms with Crippen LogP contribution in [0.5, 0.6) is 0 Å². The lowest BCUT2D eigenvalue weighted by atomic mass is 9.93. The largest absolute Gasteiger partial charge is 0.384 e. The number of likely N-dealkylation sites (tertiary alicyclic amines) is 1. The zero-order valence-corrected chi connectivity index (χ0v) is 13.3. The number of amides is 1. The normalized spacial score (nSPS) is 18.4. The number of H-pyrrole nitrogens is 1. The molecule has 0 aliphatic carbocycles. The first-order chi connectivity index (χ1) is 11.2. The van der Waals surface area contributed by atoms with Crippen molar-refractivity contribution in [3.05, 3.63) is 40.2 Å². The SMILES string of the molecule is Nc1[nH]nc2nc([C@@H]3CCCN(C(=O)c4ccsc4)C3)ccc12. The maximum atomic E-state index is 12.5. The Kier molecular flexibility index (Phi) is 3.49. The molecule has 3 aromatic rings. The van der Waals surface area contributed by atoms with Gasteiger partial charge >= 0.3 is 0 Å². The number of carbonyl (C=O) groups excluding carboxylic acids is 1. The predicted octanol–water partition coefficient (Wildman–Crippen LogP) is 2.62. The highest BCUT2D eigenvalue weighted by Gasteiger charge is 2.26. The van der Waals surface area contributed by atoms with E-state index in [1.807, 2.05) is 33.9 Å². The number of anilines is 1. The number of nitrogen functional groups attached to an aromatic ring is 1. The van der Waals surface area contributed by atoms with Gasteiger partial charge in [-0.1, -0.05) is 0 Å². The molecule has 1 fully saturated rings. The number of fused-ring (bicyclic) bond motifs is 1. The molecular formula is C16H17N5OS. The van der Waals surface area contributed by atoms with Crippen LogP contribution in [0.4, 0.5) is 5.82 Å². The van der Waals surface area contributed by atoms with Gasteiger partial charge in [0, 0.05) is 30.1 Å². The number of carbonyl (C=O) groups is 1. The Morgan fingerprint density at radius 2 is 2.30 bits per heavy atom. The van der Waals surface area contributed by atoms with E-state index >= 15 is 0 Å². The minimum absolute atomic E-state index is 0.112. The number of hydrogen-bond acceptors (Lipinski definition) is 5. The molecule has 6 nitrogen and oxygen atoms in total. The summed E-state index contributed by atoms with van der Waals surface area (Å²) in [4.78, 5) is 19.1. The monoisotopic (exact) mass is 327 g/mol. The number of aromatic nitrogens is 3. The standard InChI is InChI=1S/C16H17N5OS/c17-14-12-3-4-13(18-15(12)20-19-14)10-2-1-6-21(8-10)16(22)11-5-7-23-9-11/h3-5,7,9-10H,1-2,6,8H2,(H3,17,18,19,20)/t10-/m1/s1. The van der Waals surface area contributed by atoms with Crippen LogP contribution >= 0.6 is 11.3 Å². The molecule has 118 valence electrons. The minimum atomic E-state index is 0.112. The van der Waals surface area contributed by atoms with Crippen molar-refractivity contribution < 1.29 is 4.79 Å². The van der Waals surface area contributed by atoms with Crippen molar-refractivity contribution in [1.29, 1.82) is 0 Å². The van der Waals surface area contributed by atoms with Crippen LogP contribution in [-0.2, 0) is 0 Å². The lowest BCUT2D eigenvalue weighted by Gasteiger charge is -2.32. The summed E-state index contributed by atoms with van der Waals surface area (Å²) in [6.45, 7) is 1.51. The fraction of sp³-hybridized carbons (Fsp3) is 0.312. The Bertz CT molecular complexity index is 841. The Morgan fingerprint density at radius 1 is 1.39 bits per heavy atom. The quantitative estimate of drug-likeness (QED) is 0.757. The number of nitrogens with two attached hydrogens (primary N) is 1. The predicted molar refractivity (Wildman–Crippen MR) is 90.5 cm³/mol. The Morgan fingerprint density at radius 3 is 3.13 bits per heavy atom. The van der Waals surface area contributed by atoms with E-state index in [-0.39, 0.29) is 11.8 Å². The Labute approximate surface area is 137 Å². The molecule has 1 aliphatic heterocycles. The van der Waals surface area contributed by atoms with Gasteiger partial charge in [0.25, 0.3) is 5.91 Å². The fourth-order valence-corrected chi connectivity index (χ4v) is 3.76. The first-order valence-corrected chi connectivity index (χ1v) is 8.58. The molecule has 0 unspecified atom stereocenters. The van der Waals surface area contributed by atoms with Gasteiger partial charge in [-0.2, -0.15) is 16.4 Å². The van der Waals surface area contributed by atoms with Crippen LogP contribution < -0.4 is 5.73 Å². The molecule has 3 N–H and O–H groups in total. The molecule has 23 heavy (non-hydrogen) atoms. The van der Waals surface area contributed by atoms with Gasteiger partial charge in [0.15, 0.2) is 5.65 Å². The maximum absolute atomic E-state index is 12.5. The van der Waals surface area contributed by atoms with Crippen molar-refractivity contribution in [3.63, 3.8) is 0 Å². The molecule has 4 rings (SSSR count). The van der Waals surface area contributed by atoms with E-state index in [0.29, 0.717) is 18.0 Å². The van der Waals surface area contributed by atoms with E-state index in [1.54, 1.807) is 11.3 Å². The summed E-state index contributed by atoms with van der Waals surface area (Å²) < 4.78 is 0. The highest BCUT2D eigenvalue weighted by atomic mass is 32.1. The molecule has 1 amide bonds. The highest BCUT2D eigenvalue weighted by molar-refractivity contribution is 7.08. The number of hydrogen-bond donors (Lipinski definition) is 2. The first-order valence-electron chi connectivity index (χ1n) is 7.64. The summed E-state index contributed by atoms with van der Waals surface area (Å²) >= 11 is 1.55. The Balaban J connectivity index is 1.57. The van der Waals surface area contributed by atoms with E-state index in [1.165, 1.54) is 0 Å². The van der Waals surface area contributed by atoms with E-state index in [4.69, 9.17) is 5.73 Å². The van der Waals surface area contributed by atoms with Crippen LogP contribution in [0.15, 0.2) is 29.0 Å². The molecule has 0 radical (unpaired) electrons. The summed E-state index contributed by atoms with van der Waals surface area (Å²) in [6.07, 6.45) is 2.02. The second-order valence-electron chi connectivity index (χ2n) is 5.85. The first kappa shape index (κ1) is 14.2. The molecule has 1 aliphatic rings. The third-order valence-electron chi connectivity index (χ3n) is 4.36. The van der Waals surface area contributed by atoms with Crippen molar-refractivity contribution in [2.24, 2.45) is 0 Å². The zero-order valence-electron chi connectivity index (χ0n) is 12.5. The molecule has 0 spiro atoms. The van der Waals surface area contributed by atoms with Crippen LogP contribution in [0, 0.1) is 0 Å². The van der Waals surface area contributed by atoms with Gasteiger partial charge in [-0.25, -0.2) is 4.98 Å². The number of pyridine rings is 1. The molecule has 0 saturated carbocycles. The summed E-state index contributed by atoms with van der Waals surface area (Å²) in [5.41, 5.74) is 8.21. The van der Waals surface area contributed by atoms with Gasteiger partial charge in [-0.15, -0.1) is 0 Å². The van der Waals surface area contributed by atoms with E-state index in [2.05, 4.69) is 15.2 Å². The van der Waals surface area contributed by atoms with Crippen molar-refractivity contribution in [2.75, 3.05) is 18.8 Å². The van der Waals surface area contributed by atoms with E-state index < -0.39 is 0 Å². The lowest BCUT2D eigenvalue weighted by molar-refractivity contribution is 0.0706. The van der Waals surface area contributed by atoms with Gasteiger partial charge in [0.2, 0.25) is 0 Å². The minimum Gasteiger partial charge on any atom is -0.384 e. The molecule has 7 heteroatoms. The van der Waals surface area contributed by atoms with E-state index in [0.717, 1.165) is 36.0 Å². The summed E-state index contributed by atoms with van der Waals surface area (Å²) in [5, 5.41) is 11.6. The van der Waals surface area contributed by atoms with Gasteiger partial charge in [0.05, 0.1) is 10.9 Å². The van der Waals surface area contributed by atoms with Crippen LogP contribution in [0.25, 0.3) is 11.0 Å². The molecule has 1 saturated heterocycles. The van der Waals surface area contributed by atoms with Crippen molar-refractivity contribution >= 4 is 34.1 Å². The number of thiophene rings is 1. The fourth-order valence-electron chi connectivity index (χ4n) is 3.13. The molecular weight excluding hydrogens is 310 g/mol. The lowest BCUT2D eigenvalue weighted by Crippen LogP contribution is -2.39. The van der Waals surface area contributed by atoms with Crippen molar-refractivity contribution in [1.82, 2.24) is 20.1 Å². The summed E-state index contributed by atoms with van der Waals surface area (Å²) in [6, 6.07) is 5.83. The second kappa shape index (κ2) is 5.66. The average molecular weight is 327 g/mol. The number of nitrogens with zero attached hydrogens (tertiary/aromatic N) is 3. The van der Waals surface area contributed by atoms with Crippen molar-refractivity contribution in [2.45, 2.75) is 18.8 Å². The van der Waals surface area contributed by atoms with Crippen LogP contribution in [-0.4, -0.2) is 39.1 Å². The number of rotatable bonds is 2. The van der Waals surface area contributed by atoms with Gasteiger partial charge in [-0.3, -0.25) is 9.89 Å². The zero-order chi connectivity index (χ0) is 15.8. The number of piperidine rings is 1. The molecule has 3 aromatic heterocycles. The smallest absolute Gasteiger partial charge is 0.254 e. The van der Waals surface area contributed by atoms with Gasteiger partial charge in [-0.05, 0) is 36.4 Å². The average Bonchev–Trinajstić information content (AvgIpc) is 3.24. The summed E-state index contributed by atoms with van der Waals surface area (Å²) in [5.74, 6) is 0.895. The summed E-state index contributed by atoms with van der Waals surface area (Å²) in [7, 11) is 0. The molecule has 4 heterocycles. The topological polar surface area (TPSA) is 87.9 Å². The van der Waals surface area contributed by atoms with Gasteiger partial charge < -0.3 is 10.6 Å².